The van der Waals surface area contributed by atoms with Gasteiger partial charge in [-0.1, -0.05) is 30.3 Å². The van der Waals surface area contributed by atoms with Crippen molar-refractivity contribution in [3.8, 4) is 5.75 Å². The molecule has 4 nitrogen and oxygen atoms in total. The summed E-state index contributed by atoms with van der Waals surface area (Å²) in [4.78, 5) is 16.7. The number of aromatic nitrogens is 1. The maximum Gasteiger partial charge on any atom is 0.336 e. The van der Waals surface area contributed by atoms with Gasteiger partial charge in [-0.2, -0.15) is 0 Å². The minimum absolute atomic E-state index is 0.225. The minimum atomic E-state index is -0.902. The number of phenolic OH excluding ortho intramolecular Hbond substituents is 1. The average molecular weight is 331 g/mol. The first kappa shape index (κ1) is 15.4. The molecule has 1 aliphatic rings. The highest BCUT2D eigenvalue weighted by molar-refractivity contribution is 6.05. The molecule has 1 aromatic heterocycles. The molecule has 4 rings (SSSR count). The Hall–Kier alpha value is -3.14. The standard InChI is InChI=1S/C21H17NO3/c23-15-10-8-13(9-11-15)12-14-4-3-6-17-19(21(24)25)16-5-1-2-7-18(16)22-20(14)17/h1-2,5,7-12,23H,3-4,6H2,(H,24,25)/b14-12+. The van der Waals surface area contributed by atoms with Crippen LogP contribution >= 0.6 is 0 Å². The Bertz CT molecular complexity index is 1000. The lowest BCUT2D eigenvalue weighted by molar-refractivity contribution is 0.0697. The average Bonchev–Trinajstić information content (AvgIpc) is 2.62. The van der Waals surface area contributed by atoms with Crippen LogP contribution < -0.4 is 0 Å². The van der Waals surface area contributed by atoms with E-state index in [-0.39, 0.29) is 5.75 Å². The van der Waals surface area contributed by atoms with Crippen LogP contribution in [0, 0.1) is 0 Å². The van der Waals surface area contributed by atoms with Crippen LogP contribution in [0.4, 0.5) is 0 Å². The van der Waals surface area contributed by atoms with E-state index in [9.17, 15) is 15.0 Å². The van der Waals surface area contributed by atoms with Crippen molar-refractivity contribution in [1.82, 2.24) is 4.98 Å². The summed E-state index contributed by atoms with van der Waals surface area (Å²) in [6, 6.07) is 14.4. The molecular weight excluding hydrogens is 314 g/mol. The summed E-state index contributed by atoms with van der Waals surface area (Å²) >= 11 is 0. The summed E-state index contributed by atoms with van der Waals surface area (Å²) in [6.07, 6.45) is 4.52. The number of phenols is 1. The molecule has 0 saturated carbocycles. The van der Waals surface area contributed by atoms with E-state index in [0.29, 0.717) is 16.5 Å². The van der Waals surface area contributed by atoms with Gasteiger partial charge in [0.05, 0.1) is 16.8 Å². The summed E-state index contributed by atoms with van der Waals surface area (Å²) < 4.78 is 0. The van der Waals surface area contributed by atoms with Crippen molar-refractivity contribution in [2.45, 2.75) is 19.3 Å². The zero-order chi connectivity index (χ0) is 17.4. The third kappa shape index (κ3) is 2.76. The number of nitrogens with zero attached hydrogens (tertiary/aromatic N) is 1. The van der Waals surface area contributed by atoms with E-state index in [1.54, 1.807) is 12.1 Å². The van der Waals surface area contributed by atoms with E-state index >= 15 is 0 Å². The first-order valence-corrected chi connectivity index (χ1v) is 8.28. The number of allylic oxidation sites excluding steroid dienone is 1. The molecule has 0 aliphatic heterocycles. The Morgan fingerprint density at radius 1 is 1.04 bits per heavy atom. The van der Waals surface area contributed by atoms with E-state index in [1.807, 2.05) is 42.5 Å². The second-order valence-corrected chi connectivity index (χ2v) is 6.25. The van der Waals surface area contributed by atoms with Crippen LogP contribution in [0.15, 0.2) is 48.5 Å². The van der Waals surface area contributed by atoms with E-state index in [4.69, 9.17) is 4.98 Å². The Kier molecular flexibility index (Phi) is 3.73. The smallest absolute Gasteiger partial charge is 0.336 e. The maximum absolute atomic E-state index is 11.9. The van der Waals surface area contributed by atoms with Gasteiger partial charge in [0.15, 0.2) is 0 Å². The van der Waals surface area contributed by atoms with E-state index in [2.05, 4.69) is 0 Å². The van der Waals surface area contributed by atoms with Crippen molar-refractivity contribution in [2.75, 3.05) is 0 Å². The van der Waals surface area contributed by atoms with Gasteiger partial charge in [-0.05, 0) is 60.2 Å². The number of hydrogen-bond donors (Lipinski definition) is 2. The largest absolute Gasteiger partial charge is 0.508 e. The number of pyridine rings is 1. The molecule has 0 atom stereocenters. The van der Waals surface area contributed by atoms with Gasteiger partial charge in [-0.3, -0.25) is 0 Å². The lowest BCUT2D eigenvalue weighted by atomic mass is 9.86. The number of aromatic carboxylic acids is 1. The number of para-hydroxylation sites is 1. The predicted octanol–water partition coefficient (Wildman–Crippen LogP) is 4.52. The Labute approximate surface area is 145 Å². The molecule has 25 heavy (non-hydrogen) atoms. The molecule has 1 heterocycles. The third-order valence-electron chi connectivity index (χ3n) is 4.62. The predicted molar refractivity (Wildman–Crippen MR) is 97.6 cm³/mol. The molecule has 0 saturated heterocycles. The molecule has 0 spiro atoms. The minimum Gasteiger partial charge on any atom is -0.508 e. The molecule has 0 unspecified atom stereocenters. The van der Waals surface area contributed by atoms with Crippen LogP contribution in [-0.4, -0.2) is 21.2 Å². The summed E-state index contributed by atoms with van der Waals surface area (Å²) in [5.74, 6) is -0.677. The second kappa shape index (κ2) is 6.06. The van der Waals surface area contributed by atoms with Crippen LogP contribution in [0.3, 0.4) is 0 Å². The van der Waals surface area contributed by atoms with E-state index in [0.717, 1.165) is 41.7 Å². The highest BCUT2D eigenvalue weighted by Gasteiger charge is 2.24. The normalized spacial score (nSPS) is 15.3. The molecule has 2 N–H and O–H groups in total. The molecule has 0 amide bonds. The highest BCUT2D eigenvalue weighted by atomic mass is 16.4. The maximum atomic E-state index is 11.9. The fraction of sp³-hybridized carbons (Fsp3) is 0.143. The summed E-state index contributed by atoms with van der Waals surface area (Å²) in [5.41, 5.74) is 4.69. The van der Waals surface area contributed by atoms with Crippen molar-refractivity contribution >= 4 is 28.5 Å². The van der Waals surface area contributed by atoms with Gasteiger partial charge in [0.25, 0.3) is 0 Å². The zero-order valence-electron chi connectivity index (χ0n) is 13.6. The van der Waals surface area contributed by atoms with Crippen molar-refractivity contribution in [3.05, 3.63) is 70.9 Å². The number of aromatic hydroxyl groups is 1. The Morgan fingerprint density at radius 2 is 1.80 bits per heavy atom. The van der Waals surface area contributed by atoms with Gasteiger partial charge >= 0.3 is 5.97 Å². The van der Waals surface area contributed by atoms with Gasteiger partial charge in [-0.25, -0.2) is 9.78 Å². The van der Waals surface area contributed by atoms with Crippen LogP contribution in [-0.2, 0) is 6.42 Å². The Balaban J connectivity index is 1.95. The van der Waals surface area contributed by atoms with Crippen LogP contribution in [0.5, 0.6) is 5.75 Å². The summed E-state index contributed by atoms with van der Waals surface area (Å²) in [7, 11) is 0. The molecule has 4 heteroatoms. The lowest BCUT2D eigenvalue weighted by Gasteiger charge is -2.21. The van der Waals surface area contributed by atoms with Gasteiger partial charge < -0.3 is 10.2 Å². The SMILES string of the molecule is O=C(O)c1c2c(nc3ccccc13)/C(=C/c1ccc(O)cc1)CCC2. The molecule has 0 radical (unpaired) electrons. The number of rotatable bonds is 2. The van der Waals surface area contributed by atoms with Crippen molar-refractivity contribution in [2.24, 2.45) is 0 Å². The molecule has 124 valence electrons. The molecule has 1 aliphatic carbocycles. The highest BCUT2D eigenvalue weighted by Crippen LogP contribution is 2.36. The number of hydrogen-bond acceptors (Lipinski definition) is 3. The van der Waals surface area contributed by atoms with E-state index in [1.165, 1.54) is 0 Å². The first-order valence-electron chi connectivity index (χ1n) is 8.28. The van der Waals surface area contributed by atoms with E-state index < -0.39 is 5.97 Å². The summed E-state index contributed by atoms with van der Waals surface area (Å²) in [5, 5.41) is 19.9. The van der Waals surface area contributed by atoms with Crippen molar-refractivity contribution < 1.29 is 15.0 Å². The quantitative estimate of drug-likeness (QED) is 0.724. The molecule has 2 aromatic carbocycles. The number of carboxylic acid groups (broad SMARTS) is 1. The monoisotopic (exact) mass is 331 g/mol. The van der Waals surface area contributed by atoms with Gasteiger partial charge in [-0.15, -0.1) is 0 Å². The fourth-order valence-corrected chi connectivity index (χ4v) is 3.49. The molecule has 3 aromatic rings. The van der Waals surface area contributed by atoms with Crippen molar-refractivity contribution in [1.29, 1.82) is 0 Å². The molecule has 0 bridgehead atoms. The Morgan fingerprint density at radius 3 is 2.56 bits per heavy atom. The summed E-state index contributed by atoms with van der Waals surface area (Å²) in [6.45, 7) is 0. The molecular formula is C21H17NO3. The lowest BCUT2D eigenvalue weighted by Crippen LogP contribution is -2.13. The number of benzene rings is 2. The van der Waals surface area contributed by atoms with Crippen molar-refractivity contribution in [3.63, 3.8) is 0 Å². The van der Waals surface area contributed by atoms with Crippen LogP contribution in [0.2, 0.25) is 0 Å². The molecule has 0 fully saturated rings. The number of fused-ring (bicyclic) bond motifs is 2. The number of carboxylic acids is 1. The third-order valence-corrected chi connectivity index (χ3v) is 4.62. The first-order chi connectivity index (χ1) is 12.1. The fourth-order valence-electron chi connectivity index (χ4n) is 3.49. The van der Waals surface area contributed by atoms with Crippen LogP contribution in [0.25, 0.3) is 22.6 Å². The zero-order valence-corrected chi connectivity index (χ0v) is 13.6. The second-order valence-electron chi connectivity index (χ2n) is 6.25. The topological polar surface area (TPSA) is 70.4 Å². The van der Waals surface area contributed by atoms with Crippen LogP contribution in [0.1, 0.15) is 40.0 Å². The van der Waals surface area contributed by atoms with Gasteiger partial charge in [0.1, 0.15) is 5.75 Å². The van der Waals surface area contributed by atoms with Gasteiger partial charge in [0.2, 0.25) is 0 Å². The number of carbonyl (C=O) groups is 1. The van der Waals surface area contributed by atoms with Gasteiger partial charge in [0, 0.05) is 5.39 Å².